The van der Waals surface area contributed by atoms with Crippen molar-refractivity contribution in [3.05, 3.63) is 59.9 Å². The molecule has 3 rings (SSSR count). The Labute approximate surface area is 105 Å². The van der Waals surface area contributed by atoms with Gasteiger partial charge in [-0.15, -0.1) is 11.8 Å². The quantitative estimate of drug-likeness (QED) is 0.895. The first-order valence-electron chi connectivity index (χ1n) is 5.78. The summed E-state index contributed by atoms with van der Waals surface area (Å²) in [6.45, 7) is 0.834. The van der Waals surface area contributed by atoms with Crippen LogP contribution in [-0.4, -0.2) is 10.7 Å². The molecule has 0 saturated carbocycles. The Hall–Kier alpha value is -1.32. The van der Waals surface area contributed by atoms with E-state index < -0.39 is 0 Å². The molecule has 0 amide bonds. The molecular weight excluding hydrogens is 228 g/mol. The van der Waals surface area contributed by atoms with Crippen molar-refractivity contribution in [2.45, 2.75) is 17.5 Å². The molecule has 2 nitrogen and oxygen atoms in total. The Balaban J connectivity index is 1.68. The third-order valence-corrected chi connectivity index (χ3v) is 4.14. The Morgan fingerprint density at radius 1 is 1.18 bits per heavy atom. The van der Waals surface area contributed by atoms with Gasteiger partial charge < -0.3 is 5.32 Å². The van der Waals surface area contributed by atoms with Crippen LogP contribution in [0.1, 0.15) is 17.3 Å². The number of rotatable bonds is 3. The highest BCUT2D eigenvalue weighted by atomic mass is 32.2. The van der Waals surface area contributed by atoms with Crippen LogP contribution in [0.5, 0.6) is 0 Å². The molecule has 0 aliphatic carbocycles. The first-order valence-corrected chi connectivity index (χ1v) is 6.77. The van der Waals surface area contributed by atoms with Gasteiger partial charge in [0.25, 0.3) is 0 Å². The minimum atomic E-state index is 0.457. The van der Waals surface area contributed by atoms with Gasteiger partial charge in [0.05, 0.1) is 5.69 Å². The fraction of sp³-hybridized carbons (Fsp3) is 0.214. The van der Waals surface area contributed by atoms with Crippen LogP contribution in [0.15, 0.2) is 53.6 Å². The molecule has 1 unspecified atom stereocenters. The van der Waals surface area contributed by atoms with Gasteiger partial charge in [-0.2, -0.15) is 0 Å². The smallest absolute Gasteiger partial charge is 0.0541 e. The van der Waals surface area contributed by atoms with Crippen LogP contribution in [0.4, 0.5) is 0 Å². The lowest BCUT2D eigenvalue weighted by Crippen LogP contribution is -2.21. The van der Waals surface area contributed by atoms with E-state index in [4.69, 9.17) is 0 Å². The zero-order valence-corrected chi connectivity index (χ0v) is 10.3. The van der Waals surface area contributed by atoms with Gasteiger partial charge in [0, 0.05) is 29.4 Å². The molecule has 0 fully saturated rings. The van der Waals surface area contributed by atoms with E-state index in [1.807, 2.05) is 30.1 Å². The second kappa shape index (κ2) is 4.90. The topological polar surface area (TPSA) is 24.9 Å². The van der Waals surface area contributed by atoms with Crippen molar-refractivity contribution in [3.63, 3.8) is 0 Å². The van der Waals surface area contributed by atoms with Crippen LogP contribution < -0.4 is 5.32 Å². The van der Waals surface area contributed by atoms with Gasteiger partial charge in [0.2, 0.25) is 0 Å². The first kappa shape index (κ1) is 10.8. The van der Waals surface area contributed by atoms with Crippen molar-refractivity contribution in [2.75, 3.05) is 5.75 Å². The number of pyridine rings is 1. The summed E-state index contributed by atoms with van der Waals surface area (Å²) in [5.74, 6) is 1.12. The third-order valence-electron chi connectivity index (χ3n) is 2.96. The van der Waals surface area contributed by atoms with Gasteiger partial charge in [-0.05, 0) is 23.8 Å². The summed E-state index contributed by atoms with van der Waals surface area (Å²) in [4.78, 5) is 5.73. The molecule has 2 heterocycles. The van der Waals surface area contributed by atoms with E-state index in [9.17, 15) is 0 Å². The highest BCUT2D eigenvalue weighted by Gasteiger charge is 2.21. The molecule has 1 atom stereocenters. The molecule has 2 aromatic rings. The van der Waals surface area contributed by atoms with Crippen molar-refractivity contribution in [1.29, 1.82) is 0 Å². The van der Waals surface area contributed by atoms with Crippen LogP contribution in [0, 0.1) is 0 Å². The molecule has 17 heavy (non-hydrogen) atoms. The summed E-state index contributed by atoms with van der Waals surface area (Å²) in [7, 11) is 0. The van der Waals surface area contributed by atoms with E-state index in [1.165, 1.54) is 10.5 Å². The summed E-state index contributed by atoms with van der Waals surface area (Å²) in [5.41, 5.74) is 2.52. The number of thioether (sulfide) groups is 1. The first-order chi connectivity index (χ1) is 8.43. The molecule has 1 aliphatic rings. The maximum Gasteiger partial charge on any atom is 0.0541 e. The maximum atomic E-state index is 4.33. The predicted octanol–water partition coefficient (Wildman–Crippen LogP) is 3.02. The zero-order valence-electron chi connectivity index (χ0n) is 9.47. The SMILES string of the molecule is c1ccc(CNC2CSc3ccccc32)nc1. The standard InChI is InChI=1S/C14H14N2S/c1-2-7-14-12(6-1)13(10-17-14)16-9-11-5-3-4-8-15-11/h1-8,13,16H,9-10H2. The minimum Gasteiger partial charge on any atom is -0.303 e. The Morgan fingerprint density at radius 2 is 2.06 bits per heavy atom. The van der Waals surface area contributed by atoms with Gasteiger partial charge in [-0.1, -0.05) is 24.3 Å². The number of nitrogens with one attached hydrogen (secondary N) is 1. The number of aromatic nitrogens is 1. The molecule has 0 saturated heterocycles. The molecule has 1 aliphatic heterocycles. The average Bonchev–Trinajstić information content (AvgIpc) is 2.81. The van der Waals surface area contributed by atoms with E-state index in [-0.39, 0.29) is 0 Å². The molecule has 0 spiro atoms. The van der Waals surface area contributed by atoms with Gasteiger partial charge in [0.15, 0.2) is 0 Å². The lowest BCUT2D eigenvalue weighted by molar-refractivity contribution is 0.576. The minimum absolute atomic E-state index is 0.457. The van der Waals surface area contributed by atoms with Crippen molar-refractivity contribution >= 4 is 11.8 Å². The molecular formula is C14H14N2S. The molecule has 3 heteroatoms. The van der Waals surface area contributed by atoms with Crippen molar-refractivity contribution in [1.82, 2.24) is 10.3 Å². The molecule has 1 N–H and O–H groups in total. The second-order valence-electron chi connectivity index (χ2n) is 4.10. The number of nitrogens with zero attached hydrogens (tertiary/aromatic N) is 1. The van der Waals surface area contributed by atoms with Crippen LogP contribution in [0.3, 0.4) is 0 Å². The largest absolute Gasteiger partial charge is 0.303 e. The fourth-order valence-electron chi connectivity index (χ4n) is 2.06. The molecule has 0 radical (unpaired) electrons. The van der Waals surface area contributed by atoms with Crippen molar-refractivity contribution < 1.29 is 0 Å². The summed E-state index contributed by atoms with van der Waals surface area (Å²) in [5, 5.41) is 3.57. The van der Waals surface area contributed by atoms with Gasteiger partial charge >= 0.3 is 0 Å². The molecule has 1 aromatic heterocycles. The van der Waals surface area contributed by atoms with Crippen LogP contribution in [-0.2, 0) is 6.54 Å². The maximum absolute atomic E-state index is 4.33. The van der Waals surface area contributed by atoms with E-state index in [2.05, 4.69) is 40.6 Å². The molecule has 1 aromatic carbocycles. The summed E-state index contributed by atoms with van der Waals surface area (Å²) >= 11 is 1.93. The van der Waals surface area contributed by atoms with Gasteiger partial charge in [0.1, 0.15) is 0 Å². The highest BCUT2D eigenvalue weighted by molar-refractivity contribution is 7.99. The lowest BCUT2D eigenvalue weighted by atomic mass is 10.1. The van der Waals surface area contributed by atoms with E-state index in [0.29, 0.717) is 6.04 Å². The lowest BCUT2D eigenvalue weighted by Gasteiger charge is -2.12. The zero-order chi connectivity index (χ0) is 11.5. The van der Waals surface area contributed by atoms with Crippen molar-refractivity contribution in [3.8, 4) is 0 Å². The molecule has 86 valence electrons. The van der Waals surface area contributed by atoms with E-state index in [0.717, 1.165) is 18.0 Å². The van der Waals surface area contributed by atoms with E-state index in [1.54, 1.807) is 0 Å². The summed E-state index contributed by atoms with van der Waals surface area (Å²) < 4.78 is 0. The number of fused-ring (bicyclic) bond motifs is 1. The van der Waals surface area contributed by atoms with Gasteiger partial charge in [-0.3, -0.25) is 4.98 Å². The van der Waals surface area contributed by atoms with Gasteiger partial charge in [-0.25, -0.2) is 0 Å². The predicted molar refractivity (Wildman–Crippen MR) is 71.0 cm³/mol. The van der Waals surface area contributed by atoms with Crippen LogP contribution >= 0.6 is 11.8 Å². The number of hydrogen-bond donors (Lipinski definition) is 1. The van der Waals surface area contributed by atoms with E-state index >= 15 is 0 Å². The monoisotopic (exact) mass is 242 g/mol. The summed E-state index contributed by atoms with van der Waals surface area (Å²) in [6.07, 6.45) is 1.84. The number of hydrogen-bond acceptors (Lipinski definition) is 3. The highest BCUT2D eigenvalue weighted by Crippen LogP contribution is 2.37. The third kappa shape index (κ3) is 2.35. The average molecular weight is 242 g/mol. The normalized spacial score (nSPS) is 18.0. The molecule has 0 bridgehead atoms. The van der Waals surface area contributed by atoms with Crippen LogP contribution in [0.2, 0.25) is 0 Å². The summed E-state index contributed by atoms with van der Waals surface area (Å²) in [6, 6.07) is 15.1. The Morgan fingerprint density at radius 3 is 2.94 bits per heavy atom. The van der Waals surface area contributed by atoms with Crippen LogP contribution in [0.25, 0.3) is 0 Å². The number of benzene rings is 1. The second-order valence-corrected chi connectivity index (χ2v) is 5.17. The Bertz CT molecular complexity index is 499. The fourth-order valence-corrected chi connectivity index (χ4v) is 3.26. The van der Waals surface area contributed by atoms with Crippen molar-refractivity contribution in [2.24, 2.45) is 0 Å². The Kier molecular flexibility index (Phi) is 3.12.